The van der Waals surface area contributed by atoms with Gasteiger partial charge in [-0.25, -0.2) is 8.78 Å². The van der Waals surface area contributed by atoms with Gasteiger partial charge in [0.1, 0.15) is 17.3 Å². The Morgan fingerprint density at radius 1 is 1.32 bits per heavy atom. The van der Waals surface area contributed by atoms with Gasteiger partial charge in [0.2, 0.25) is 0 Å². The number of aryl methyl sites for hydroxylation is 1. The van der Waals surface area contributed by atoms with Crippen LogP contribution in [0, 0.1) is 11.6 Å². The molecule has 0 radical (unpaired) electrons. The van der Waals surface area contributed by atoms with Gasteiger partial charge in [-0.15, -0.1) is 0 Å². The predicted molar refractivity (Wildman–Crippen MR) is 67.0 cm³/mol. The van der Waals surface area contributed by atoms with Crippen molar-refractivity contribution in [2.45, 2.75) is 6.04 Å². The molecule has 0 spiro atoms. The number of methoxy groups -OCH3 is 1. The van der Waals surface area contributed by atoms with Crippen LogP contribution in [0.4, 0.5) is 8.78 Å². The third-order valence-corrected chi connectivity index (χ3v) is 3.02. The van der Waals surface area contributed by atoms with Crippen molar-refractivity contribution >= 4 is 0 Å². The second-order valence-corrected chi connectivity index (χ2v) is 4.08. The molecule has 0 saturated heterocycles. The average molecular weight is 267 g/mol. The summed E-state index contributed by atoms with van der Waals surface area (Å²) in [6.45, 7) is 0. The molecule has 19 heavy (non-hydrogen) atoms. The fourth-order valence-electron chi connectivity index (χ4n) is 2.12. The van der Waals surface area contributed by atoms with E-state index in [0.717, 1.165) is 0 Å². The third kappa shape index (κ3) is 2.31. The quantitative estimate of drug-likeness (QED) is 0.921. The molecule has 0 aliphatic carbocycles. The van der Waals surface area contributed by atoms with E-state index in [1.807, 2.05) is 0 Å². The van der Waals surface area contributed by atoms with Crippen molar-refractivity contribution in [1.82, 2.24) is 15.1 Å². The maximum Gasteiger partial charge on any atom is 0.161 e. The van der Waals surface area contributed by atoms with Crippen molar-refractivity contribution in [2.24, 2.45) is 7.05 Å². The lowest BCUT2D eigenvalue weighted by Crippen LogP contribution is -2.23. The molecule has 0 amide bonds. The molecule has 0 fully saturated rings. The second-order valence-electron chi connectivity index (χ2n) is 4.08. The first-order valence-electron chi connectivity index (χ1n) is 5.77. The predicted octanol–water partition coefficient (Wildman–Crippen LogP) is 2.02. The van der Waals surface area contributed by atoms with Gasteiger partial charge in [0, 0.05) is 12.6 Å². The summed E-state index contributed by atoms with van der Waals surface area (Å²) < 4.78 is 34.5. The van der Waals surface area contributed by atoms with Gasteiger partial charge in [-0.3, -0.25) is 4.68 Å². The fourth-order valence-corrected chi connectivity index (χ4v) is 2.12. The molecule has 102 valence electrons. The number of nitrogens with zero attached hydrogens (tertiary/aromatic N) is 2. The van der Waals surface area contributed by atoms with Gasteiger partial charge in [0.25, 0.3) is 0 Å². The van der Waals surface area contributed by atoms with E-state index in [1.54, 1.807) is 14.1 Å². The fraction of sp³-hybridized carbons (Fsp3) is 0.308. The summed E-state index contributed by atoms with van der Waals surface area (Å²) in [6.07, 6.45) is 1.51. The number of hydrogen-bond acceptors (Lipinski definition) is 3. The van der Waals surface area contributed by atoms with Crippen molar-refractivity contribution in [3.8, 4) is 5.75 Å². The lowest BCUT2D eigenvalue weighted by molar-refractivity contribution is 0.400. The lowest BCUT2D eigenvalue weighted by Gasteiger charge is -2.19. The van der Waals surface area contributed by atoms with Crippen LogP contribution < -0.4 is 10.1 Å². The molecule has 0 aliphatic rings. The minimum Gasteiger partial charge on any atom is -0.493 e. The third-order valence-electron chi connectivity index (χ3n) is 3.02. The van der Waals surface area contributed by atoms with Crippen LogP contribution in [0.25, 0.3) is 0 Å². The molecule has 1 atom stereocenters. The Kier molecular flexibility index (Phi) is 3.80. The summed E-state index contributed by atoms with van der Waals surface area (Å²) in [5.41, 5.74) is 0.515. The van der Waals surface area contributed by atoms with Gasteiger partial charge < -0.3 is 10.1 Å². The molecular weight excluding hydrogens is 252 g/mol. The zero-order chi connectivity index (χ0) is 14.0. The summed E-state index contributed by atoms with van der Waals surface area (Å²) >= 11 is 0. The second kappa shape index (κ2) is 5.36. The molecule has 1 N–H and O–H groups in total. The van der Waals surface area contributed by atoms with E-state index in [2.05, 4.69) is 10.4 Å². The average Bonchev–Trinajstić information content (AvgIpc) is 2.75. The van der Waals surface area contributed by atoms with E-state index in [0.29, 0.717) is 11.4 Å². The van der Waals surface area contributed by atoms with Gasteiger partial charge in [-0.1, -0.05) is 6.07 Å². The molecule has 0 saturated carbocycles. The number of hydrogen-bond donors (Lipinski definition) is 1. The summed E-state index contributed by atoms with van der Waals surface area (Å²) in [6, 6.07) is 3.11. The van der Waals surface area contributed by atoms with Crippen molar-refractivity contribution < 1.29 is 13.5 Å². The van der Waals surface area contributed by atoms with Gasteiger partial charge in [0.05, 0.1) is 19.3 Å². The molecule has 0 bridgehead atoms. The summed E-state index contributed by atoms with van der Waals surface area (Å²) in [5, 5.41) is 6.94. The largest absolute Gasteiger partial charge is 0.493 e. The van der Waals surface area contributed by atoms with E-state index >= 15 is 0 Å². The molecule has 2 rings (SSSR count). The number of benzene rings is 1. The van der Waals surface area contributed by atoms with Crippen LogP contribution in [-0.2, 0) is 7.05 Å². The van der Waals surface area contributed by atoms with Crippen molar-refractivity contribution in [3.63, 3.8) is 0 Å². The minimum atomic E-state index is -0.677. The Morgan fingerprint density at radius 2 is 1.95 bits per heavy atom. The van der Waals surface area contributed by atoms with E-state index in [9.17, 15) is 8.78 Å². The highest BCUT2D eigenvalue weighted by Gasteiger charge is 2.26. The van der Waals surface area contributed by atoms with Crippen LogP contribution in [0.3, 0.4) is 0 Å². The zero-order valence-corrected chi connectivity index (χ0v) is 10.9. The van der Waals surface area contributed by atoms with Crippen LogP contribution in [0.2, 0.25) is 0 Å². The highest BCUT2D eigenvalue weighted by molar-refractivity contribution is 5.37. The topological polar surface area (TPSA) is 39.1 Å². The zero-order valence-electron chi connectivity index (χ0n) is 10.9. The highest BCUT2D eigenvalue weighted by Crippen LogP contribution is 2.31. The van der Waals surface area contributed by atoms with E-state index in [1.165, 1.54) is 36.2 Å². The maximum atomic E-state index is 13.9. The van der Waals surface area contributed by atoms with Crippen molar-refractivity contribution in [2.75, 3.05) is 14.2 Å². The van der Waals surface area contributed by atoms with Crippen molar-refractivity contribution in [1.29, 1.82) is 0 Å². The monoisotopic (exact) mass is 267 g/mol. The van der Waals surface area contributed by atoms with E-state index in [-0.39, 0.29) is 5.56 Å². The molecule has 0 aliphatic heterocycles. The molecule has 1 aromatic heterocycles. The van der Waals surface area contributed by atoms with Crippen LogP contribution in [0.1, 0.15) is 17.3 Å². The number of ether oxygens (including phenoxy) is 1. The van der Waals surface area contributed by atoms with Crippen LogP contribution >= 0.6 is 0 Å². The van der Waals surface area contributed by atoms with Crippen molar-refractivity contribution in [3.05, 3.63) is 47.3 Å². The van der Waals surface area contributed by atoms with E-state index < -0.39 is 17.7 Å². The number of aromatic nitrogens is 2. The molecular formula is C13H15F2N3O. The smallest absolute Gasteiger partial charge is 0.161 e. The minimum absolute atomic E-state index is 0.0492. The van der Waals surface area contributed by atoms with Gasteiger partial charge in [0.15, 0.2) is 5.75 Å². The van der Waals surface area contributed by atoms with Gasteiger partial charge in [-0.05, 0) is 19.2 Å². The van der Waals surface area contributed by atoms with Gasteiger partial charge >= 0.3 is 0 Å². The first-order chi connectivity index (χ1) is 9.10. The number of halogens is 2. The molecule has 4 nitrogen and oxygen atoms in total. The van der Waals surface area contributed by atoms with Crippen LogP contribution in [-0.4, -0.2) is 23.9 Å². The summed E-state index contributed by atoms with van der Waals surface area (Å²) in [4.78, 5) is 0. The van der Waals surface area contributed by atoms with Crippen LogP contribution in [0.15, 0.2) is 24.4 Å². The molecule has 1 aromatic carbocycles. The molecule has 1 heterocycles. The standard InChI is InChI=1S/C13H15F2N3O/c1-16-12(11-8(14)5-4-6-9(11)15)13-10(19-3)7-17-18(13)2/h4-7,12,16H,1-3H3. The summed E-state index contributed by atoms with van der Waals surface area (Å²) in [7, 11) is 4.81. The highest BCUT2D eigenvalue weighted by atomic mass is 19.1. The Bertz CT molecular complexity index is 563. The first-order valence-corrected chi connectivity index (χ1v) is 5.77. The van der Waals surface area contributed by atoms with E-state index in [4.69, 9.17) is 4.74 Å². The van der Waals surface area contributed by atoms with Crippen LogP contribution in [0.5, 0.6) is 5.75 Å². The lowest BCUT2D eigenvalue weighted by atomic mass is 10.0. The summed E-state index contributed by atoms with van der Waals surface area (Å²) in [5.74, 6) is -0.741. The Labute approximate surface area is 110 Å². The Hall–Kier alpha value is -1.95. The molecule has 2 aromatic rings. The Morgan fingerprint density at radius 3 is 2.47 bits per heavy atom. The maximum absolute atomic E-state index is 13.9. The first kappa shape index (κ1) is 13.5. The molecule has 1 unspecified atom stereocenters. The number of nitrogens with one attached hydrogen (secondary N) is 1. The van der Waals surface area contributed by atoms with Gasteiger partial charge in [-0.2, -0.15) is 5.10 Å². The molecule has 6 heteroatoms. The normalized spacial score (nSPS) is 12.5. The SMILES string of the molecule is CNC(c1c(F)cccc1F)c1c(OC)cnn1C. The number of rotatable bonds is 4. The Balaban J connectivity index is 2.59.